The maximum absolute atomic E-state index is 5.65. The summed E-state index contributed by atoms with van der Waals surface area (Å²) in [6.07, 6.45) is 1.07. The Morgan fingerprint density at radius 3 is 2.55 bits per heavy atom. The van der Waals surface area contributed by atoms with E-state index in [1.807, 2.05) is 6.92 Å². The van der Waals surface area contributed by atoms with Crippen LogP contribution in [-0.4, -0.2) is 13.2 Å². The summed E-state index contributed by atoms with van der Waals surface area (Å²) in [5.74, 6) is 0.985. The summed E-state index contributed by atoms with van der Waals surface area (Å²) in [6, 6.07) is 11.5. The third-order valence-corrected chi connectivity index (χ3v) is 4.67. The van der Waals surface area contributed by atoms with E-state index in [9.17, 15) is 0 Å². The minimum absolute atomic E-state index is 0.290. The first-order valence-electron chi connectivity index (χ1n) is 8.17. The topological polar surface area (TPSA) is 21.3 Å². The molecule has 0 radical (unpaired) electrons. The van der Waals surface area contributed by atoms with Crippen LogP contribution in [0.1, 0.15) is 46.3 Å². The van der Waals surface area contributed by atoms with E-state index in [1.165, 1.54) is 33.4 Å². The van der Waals surface area contributed by atoms with E-state index in [0.29, 0.717) is 6.04 Å². The van der Waals surface area contributed by atoms with Crippen LogP contribution in [0.5, 0.6) is 5.75 Å². The summed E-state index contributed by atoms with van der Waals surface area (Å²) in [4.78, 5) is 0. The summed E-state index contributed by atoms with van der Waals surface area (Å²) >= 11 is 0. The number of ether oxygens (including phenoxy) is 1. The van der Waals surface area contributed by atoms with Gasteiger partial charge in [0, 0.05) is 6.54 Å². The molecular weight excluding hydrogens is 270 g/mol. The van der Waals surface area contributed by atoms with Gasteiger partial charge in [-0.15, -0.1) is 0 Å². The first-order chi connectivity index (χ1) is 10.6. The number of hydrogen-bond donors (Lipinski definition) is 1. The third-order valence-electron chi connectivity index (χ3n) is 4.67. The molecule has 0 aromatic heterocycles. The Morgan fingerprint density at radius 2 is 1.77 bits per heavy atom. The molecule has 0 fully saturated rings. The van der Waals surface area contributed by atoms with E-state index in [2.05, 4.69) is 56.4 Å². The summed E-state index contributed by atoms with van der Waals surface area (Å²) in [5, 5.41) is 3.69. The molecule has 0 amide bonds. The highest BCUT2D eigenvalue weighted by Crippen LogP contribution is 2.33. The number of rotatable bonds is 3. The van der Waals surface area contributed by atoms with Gasteiger partial charge >= 0.3 is 0 Å². The molecular formula is C20H25NO. The molecule has 2 nitrogen and oxygen atoms in total. The SMILES string of the molecule is CCOc1ccc2c(c1)CCNC2c1cc(C)c(C)cc1C. The normalized spacial score (nSPS) is 17.2. The van der Waals surface area contributed by atoms with Gasteiger partial charge in [0.15, 0.2) is 0 Å². The van der Waals surface area contributed by atoms with Crippen molar-refractivity contribution in [3.8, 4) is 5.75 Å². The van der Waals surface area contributed by atoms with Crippen molar-refractivity contribution < 1.29 is 4.74 Å². The Hall–Kier alpha value is -1.80. The van der Waals surface area contributed by atoms with Crippen molar-refractivity contribution >= 4 is 0 Å². The highest BCUT2D eigenvalue weighted by Gasteiger charge is 2.23. The molecule has 2 aromatic rings. The number of hydrogen-bond acceptors (Lipinski definition) is 2. The molecule has 2 heteroatoms. The van der Waals surface area contributed by atoms with Crippen LogP contribution in [0, 0.1) is 20.8 Å². The Kier molecular flexibility index (Phi) is 4.21. The van der Waals surface area contributed by atoms with Crippen LogP contribution >= 0.6 is 0 Å². The minimum Gasteiger partial charge on any atom is -0.494 e. The fourth-order valence-electron chi connectivity index (χ4n) is 3.37. The van der Waals surface area contributed by atoms with Crippen LogP contribution in [0.2, 0.25) is 0 Å². The van der Waals surface area contributed by atoms with Crippen molar-refractivity contribution in [3.05, 3.63) is 63.7 Å². The molecule has 0 saturated heterocycles. The quantitative estimate of drug-likeness (QED) is 0.914. The van der Waals surface area contributed by atoms with Crippen molar-refractivity contribution in [2.45, 2.75) is 40.2 Å². The van der Waals surface area contributed by atoms with E-state index < -0.39 is 0 Å². The zero-order valence-corrected chi connectivity index (χ0v) is 14.0. The molecule has 116 valence electrons. The van der Waals surface area contributed by atoms with Crippen LogP contribution in [0.15, 0.2) is 30.3 Å². The maximum Gasteiger partial charge on any atom is 0.119 e. The number of nitrogens with one attached hydrogen (secondary N) is 1. The Morgan fingerprint density at radius 1 is 1.00 bits per heavy atom. The Balaban J connectivity index is 2.03. The lowest BCUT2D eigenvalue weighted by Gasteiger charge is -2.29. The lowest BCUT2D eigenvalue weighted by atomic mass is 9.86. The van der Waals surface area contributed by atoms with Crippen molar-refractivity contribution in [3.63, 3.8) is 0 Å². The van der Waals surface area contributed by atoms with Gasteiger partial charge in [-0.25, -0.2) is 0 Å². The Labute approximate surface area is 133 Å². The lowest BCUT2D eigenvalue weighted by Crippen LogP contribution is -2.31. The fraction of sp³-hybridized carbons (Fsp3) is 0.400. The molecule has 3 rings (SSSR count). The zero-order valence-electron chi connectivity index (χ0n) is 14.0. The van der Waals surface area contributed by atoms with E-state index in [-0.39, 0.29) is 0 Å². The second-order valence-electron chi connectivity index (χ2n) is 6.22. The van der Waals surface area contributed by atoms with E-state index in [1.54, 1.807) is 0 Å². The van der Waals surface area contributed by atoms with E-state index in [0.717, 1.165) is 25.3 Å². The highest BCUT2D eigenvalue weighted by atomic mass is 16.5. The molecule has 2 aromatic carbocycles. The molecule has 1 aliphatic heterocycles. The highest BCUT2D eigenvalue weighted by molar-refractivity contribution is 5.47. The molecule has 1 atom stereocenters. The first kappa shape index (κ1) is 15.1. The van der Waals surface area contributed by atoms with Gasteiger partial charge in [-0.3, -0.25) is 0 Å². The smallest absolute Gasteiger partial charge is 0.119 e. The first-order valence-corrected chi connectivity index (χ1v) is 8.17. The fourth-order valence-corrected chi connectivity index (χ4v) is 3.37. The molecule has 22 heavy (non-hydrogen) atoms. The second kappa shape index (κ2) is 6.13. The van der Waals surface area contributed by atoms with Crippen molar-refractivity contribution in [1.29, 1.82) is 0 Å². The van der Waals surface area contributed by atoms with Gasteiger partial charge in [-0.2, -0.15) is 0 Å². The van der Waals surface area contributed by atoms with E-state index >= 15 is 0 Å². The second-order valence-corrected chi connectivity index (χ2v) is 6.22. The molecule has 0 bridgehead atoms. The van der Waals surface area contributed by atoms with E-state index in [4.69, 9.17) is 4.74 Å². The van der Waals surface area contributed by atoms with Crippen molar-refractivity contribution in [2.24, 2.45) is 0 Å². The zero-order chi connectivity index (χ0) is 15.7. The molecule has 1 unspecified atom stereocenters. The summed E-state index contributed by atoms with van der Waals surface area (Å²) in [5.41, 5.74) is 8.29. The lowest BCUT2D eigenvalue weighted by molar-refractivity contribution is 0.339. The van der Waals surface area contributed by atoms with Gasteiger partial charge in [0.05, 0.1) is 12.6 Å². The predicted molar refractivity (Wildman–Crippen MR) is 91.8 cm³/mol. The summed E-state index contributed by atoms with van der Waals surface area (Å²) < 4.78 is 5.65. The van der Waals surface area contributed by atoms with Gasteiger partial charge in [-0.1, -0.05) is 18.2 Å². The number of benzene rings is 2. The molecule has 0 saturated carbocycles. The minimum atomic E-state index is 0.290. The number of aryl methyl sites for hydroxylation is 3. The standard InChI is InChI=1S/C20H25NO/c1-5-22-17-6-7-18-16(12-17)8-9-21-20(18)19-11-14(3)13(2)10-15(19)4/h6-7,10-12,20-21H,5,8-9H2,1-4H3. The molecule has 0 spiro atoms. The monoisotopic (exact) mass is 295 g/mol. The van der Waals surface area contributed by atoms with Gasteiger partial charge in [0.1, 0.15) is 5.75 Å². The van der Waals surface area contributed by atoms with Gasteiger partial charge in [0.2, 0.25) is 0 Å². The Bertz CT molecular complexity index is 690. The third kappa shape index (κ3) is 2.76. The largest absolute Gasteiger partial charge is 0.494 e. The molecule has 0 aliphatic carbocycles. The average molecular weight is 295 g/mol. The predicted octanol–water partition coefficient (Wildman–Crippen LogP) is 4.25. The van der Waals surface area contributed by atoms with Crippen molar-refractivity contribution in [1.82, 2.24) is 5.32 Å². The van der Waals surface area contributed by atoms with Crippen LogP contribution in [0.25, 0.3) is 0 Å². The van der Waals surface area contributed by atoms with Gasteiger partial charge < -0.3 is 10.1 Å². The van der Waals surface area contributed by atoms with Crippen LogP contribution < -0.4 is 10.1 Å². The average Bonchev–Trinajstić information content (AvgIpc) is 2.50. The summed E-state index contributed by atoms with van der Waals surface area (Å²) in [7, 11) is 0. The van der Waals surface area contributed by atoms with Crippen LogP contribution in [-0.2, 0) is 6.42 Å². The molecule has 1 N–H and O–H groups in total. The van der Waals surface area contributed by atoms with Crippen LogP contribution in [0.4, 0.5) is 0 Å². The van der Waals surface area contributed by atoms with Crippen LogP contribution in [0.3, 0.4) is 0 Å². The summed E-state index contributed by atoms with van der Waals surface area (Å²) in [6.45, 7) is 10.4. The molecule has 1 heterocycles. The van der Waals surface area contributed by atoms with Crippen molar-refractivity contribution in [2.75, 3.05) is 13.2 Å². The maximum atomic E-state index is 5.65. The van der Waals surface area contributed by atoms with Gasteiger partial charge in [0.25, 0.3) is 0 Å². The molecule has 1 aliphatic rings. The van der Waals surface area contributed by atoms with Gasteiger partial charge in [-0.05, 0) is 79.6 Å². The number of fused-ring (bicyclic) bond motifs is 1.